The fourth-order valence-electron chi connectivity index (χ4n) is 4.20. The van der Waals surface area contributed by atoms with Crippen LogP contribution < -0.4 is 14.4 Å². The van der Waals surface area contributed by atoms with E-state index in [1.54, 1.807) is 68.4 Å². The first-order valence-electron chi connectivity index (χ1n) is 12.6. The lowest BCUT2D eigenvalue weighted by Gasteiger charge is -2.27. The highest BCUT2D eigenvalue weighted by Gasteiger charge is 2.29. The van der Waals surface area contributed by atoms with Crippen LogP contribution in [0.2, 0.25) is 0 Å². The number of methoxy groups -OCH3 is 1. The normalized spacial score (nSPS) is 11.0. The minimum atomic E-state index is -4.10. The Morgan fingerprint density at radius 1 is 0.825 bits per heavy atom. The molecule has 4 aromatic rings. The number of esters is 1. The SMILES string of the molecule is CCOC(=O)c1cccc(NC(=O)c2ccccc2N(Cc2ccccc2)S(=O)(=O)c2ccc(OC)cc2)c1C. The molecule has 9 heteroatoms. The highest BCUT2D eigenvalue weighted by Crippen LogP contribution is 2.31. The average Bonchev–Trinajstić information content (AvgIpc) is 2.97. The number of nitrogens with one attached hydrogen (secondary N) is 1. The molecule has 0 saturated heterocycles. The lowest BCUT2D eigenvalue weighted by molar-refractivity contribution is 0.0525. The molecule has 0 spiro atoms. The summed E-state index contributed by atoms with van der Waals surface area (Å²) in [4.78, 5) is 26.0. The first-order valence-corrected chi connectivity index (χ1v) is 14.1. The van der Waals surface area contributed by atoms with Gasteiger partial charge in [-0.15, -0.1) is 0 Å². The summed E-state index contributed by atoms with van der Waals surface area (Å²) in [6.07, 6.45) is 0. The van der Waals surface area contributed by atoms with Gasteiger partial charge in [0.2, 0.25) is 0 Å². The largest absolute Gasteiger partial charge is 0.497 e. The Morgan fingerprint density at radius 3 is 2.15 bits per heavy atom. The van der Waals surface area contributed by atoms with Gasteiger partial charge in [-0.25, -0.2) is 13.2 Å². The van der Waals surface area contributed by atoms with E-state index in [0.29, 0.717) is 22.6 Å². The van der Waals surface area contributed by atoms with Crippen molar-refractivity contribution < 1.29 is 27.5 Å². The molecular formula is C31H30N2O6S. The van der Waals surface area contributed by atoms with Crippen molar-refractivity contribution in [3.63, 3.8) is 0 Å². The summed E-state index contributed by atoms with van der Waals surface area (Å²) in [5, 5.41) is 2.84. The molecule has 0 aliphatic carbocycles. The van der Waals surface area contributed by atoms with Crippen molar-refractivity contribution in [2.24, 2.45) is 0 Å². The predicted octanol–water partition coefficient (Wildman–Crippen LogP) is 5.83. The fourth-order valence-corrected chi connectivity index (χ4v) is 5.67. The molecule has 0 heterocycles. The zero-order valence-corrected chi connectivity index (χ0v) is 23.3. The fraction of sp³-hybridized carbons (Fsp3) is 0.161. The first-order chi connectivity index (χ1) is 19.3. The number of amides is 1. The maximum Gasteiger partial charge on any atom is 0.338 e. The summed E-state index contributed by atoms with van der Waals surface area (Å²) in [7, 11) is -2.60. The summed E-state index contributed by atoms with van der Waals surface area (Å²) in [5.41, 5.74) is 2.39. The van der Waals surface area contributed by atoms with Crippen LogP contribution in [0.25, 0.3) is 0 Å². The van der Waals surface area contributed by atoms with E-state index in [9.17, 15) is 18.0 Å². The number of para-hydroxylation sites is 1. The van der Waals surface area contributed by atoms with Crippen molar-refractivity contribution in [3.05, 3.63) is 119 Å². The number of ether oxygens (including phenoxy) is 2. The Labute approximate surface area is 234 Å². The smallest absolute Gasteiger partial charge is 0.338 e. The van der Waals surface area contributed by atoms with Gasteiger partial charge in [0.25, 0.3) is 15.9 Å². The number of anilines is 2. The van der Waals surface area contributed by atoms with Crippen molar-refractivity contribution >= 4 is 33.3 Å². The summed E-state index contributed by atoms with van der Waals surface area (Å²) in [5.74, 6) is -0.493. The standard InChI is InChI=1S/C31H30N2O6S/c1-4-39-31(35)26-14-10-15-28(22(26)2)32-30(34)27-13-8-9-16-29(27)33(21-23-11-6-5-7-12-23)40(36,37)25-19-17-24(38-3)18-20-25/h5-20H,4,21H2,1-3H3,(H,32,34). The monoisotopic (exact) mass is 558 g/mol. The number of sulfonamides is 1. The second-order valence-electron chi connectivity index (χ2n) is 8.84. The molecule has 0 radical (unpaired) electrons. The number of rotatable bonds is 10. The van der Waals surface area contributed by atoms with Gasteiger partial charge < -0.3 is 14.8 Å². The van der Waals surface area contributed by atoms with E-state index in [1.165, 1.54) is 23.5 Å². The summed E-state index contributed by atoms with van der Waals surface area (Å²) < 4.78 is 39.5. The molecule has 1 amide bonds. The molecule has 1 N–H and O–H groups in total. The molecule has 206 valence electrons. The zero-order chi connectivity index (χ0) is 28.7. The molecule has 0 fully saturated rings. The lowest BCUT2D eigenvalue weighted by atomic mass is 10.1. The number of hydrogen-bond acceptors (Lipinski definition) is 6. The Kier molecular flexibility index (Phi) is 8.86. The maximum atomic E-state index is 14.0. The molecule has 0 unspecified atom stereocenters. The summed E-state index contributed by atoms with van der Waals surface area (Å²) in [6, 6.07) is 26.7. The Balaban J connectivity index is 1.76. The third kappa shape index (κ3) is 6.16. The number of carbonyl (C=O) groups excluding carboxylic acids is 2. The summed E-state index contributed by atoms with van der Waals surface area (Å²) in [6.45, 7) is 3.65. The van der Waals surface area contributed by atoms with Gasteiger partial charge in [-0.3, -0.25) is 9.10 Å². The van der Waals surface area contributed by atoms with Crippen molar-refractivity contribution in [3.8, 4) is 5.75 Å². The molecule has 8 nitrogen and oxygen atoms in total. The maximum absolute atomic E-state index is 14.0. The van der Waals surface area contributed by atoms with Crippen LogP contribution in [-0.2, 0) is 21.3 Å². The molecule has 0 aliphatic rings. The van der Waals surface area contributed by atoms with Gasteiger partial charge in [-0.05, 0) is 73.5 Å². The van der Waals surface area contributed by atoms with E-state index < -0.39 is 21.9 Å². The van der Waals surface area contributed by atoms with Crippen LogP contribution in [0.15, 0.2) is 102 Å². The van der Waals surface area contributed by atoms with Crippen molar-refractivity contribution in [2.45, 2.75) is 25.3 Å². The average molecular weight is 559 g/mol. The third-order valence-electron chi connectivity index (χ3n) is 6.31. The lowest BCUT2D eigenvalue weighted by Crippen LogP contribution is -2.32. The Bertz CT molecular complexity index is 1600. The molecule has 0 aliphatic heterocycles. The van der Waals surface area contributed by atoms with Crippen LogP contribution in [0, 0.1) is 6.92 Å². The van der Waals surface area contributed by atoms with E-state index in [-0.39, 0.29) is 29.3 Å². The van der Waals surface area contributed by atoms with Crippen molar-refractivity contribution in [1.29, 1.82) is 0 Å². The predicted molar refractivity (Wildman–Crippen MR) is 154 cm³/mol. The van der Waals surface area contributed by atoms with Crippen LogP contribution in [0.5, 0.6) is 5.75 Å². The number of carbonyl (C=O) groups is 2. The van der Waals surface area contributed by atoms with Crippen molar-refractivity contribution in [1.82, 2.24) is 0 Å². The minimum Gasteiger partial charge on any atom is -0.497 e. The molecule has 0 atom stereocenters. The van der Waals surface area contributed by atoms with Gasteiger partial charge in [0.05, 0.1) is 42.0 Å². The second kappa shape index (κ2) is 12.5. The Hall–Kier alpha value is -4.63. The third-order valence-corrected chi connectivity index (χ3v) is 8.09. The molecule has 40 heavy (non-hydrogen) atoms. The van der Waals surface area contributed by atoms with E-state index in [2.05, 4.69) is 5.32 Å². The second-order valence-corrected chi connectivity index (χ2v) is 10.7. The van der Waals surface area contributed by atoms with Crippen LogP contribution in [-0.4, -0.2) is 34.0 Å². The molecular weight excluding hydrogens is 528 g/mol. The molecule has 0 aromatic heterocycles. The number of hydrogen-bond donors (Lipinski definition) is 1. The van der Waals surface area contributed by atoms with Crippen LogP contribution in [0.1, 0.15) is 38.8 Å². The molecule has 4 aromatic carbocycles. The number of nitrogens with zero attached hydrogens (tertiary/aromatic N) is 1. The number of benzene rings is 4. The van der Waals surface area contributed by atoms with Gasteiger partial charge in [-0.2, -0.15) is 0 Å². The van der Waals surface area contributed by atoms with Gasteiger partial charge >= 0.3 is 5.97 Å². The van der Waals surface area contributed by atoms with Gasteiger partial charge in [0.1, 0.15) is 5.75 Å². The minimum absolute atomic E-state index is 0.00311. The van der Waals surface area contributed by atoms with Crippen LogP contribution >= 0.6 is 0 Å². The van der Waals surface area contributed by atoms with Gasteiger partial charge in [-0.1, -0.05) is 48.5 Å². The molecule has 4 rings (SSSR count). The topological polar surface area (TPSA) is 102 Å². The quantitative estimate of drug-likeness (QED) is 0.246. The Morgan fingerprint density at radius 2 is 1.48 bits per heavy atom. The van der Waals surface area contributed by atoms with E-state index in [4.69, 9.17) is 9.47 Å². The van der Waals surface area contributed by atoms with E-state index in [1.807, 2.05) is 30.3 Å². The molecule has 0 bridgehead atoms. The van der Waals surface area contributed by atoms with E-state index >= 15 is 0 Å². The van der Waals surface area contributed by atoms with E-state index in [0.717, 1.165) is 5.56 Å². The van der Waals surface area contributed by atoms with Crippen LogP contribution in [0.3, 0.4) is 0 Å². The van der Waals surface area contributed by atoms with Gasteiger partial charge in [0, 0.05) is 5.69 Å². The first kappa shape index (κ1) is 28.4. The van der Waals surface area contributed by atoms with Gasteiger partial charge in [0.15, 0.2) is 0 Å². The van der Waals surface area contributed by atoms with Crippen molar-refractivity contribution in [2.75, 3.05) is 23.3 Å². The molecule has 0 saturated carbocycles. The zero-order valence-electron chi connectivity index (χ0n) is 22.5. The summed E-state index contributed by atoms with van der Waals surface area (Å²) >= 11 is 0. The highest BCUT2D eigenvalue weighted by atomic mass is 32.2. The highest BCUT2D eigenvalue weighted by molar-refractivity contribution is 7.92. The van der Waals surface area contributed by atoms with Crippen LogP contribution in [0.4, 0.5) is 11.4 Å².